The maximum absolute atomic E-state index is 12.5. The van der Waals surface area contributed by atoms with Gasteiger partial charge in [-0.05, 0) is 43.5 Å². The van der Waals surface area contributed by atoms with Crippen molar-refractivity contribution in [2.75, 3.05) is 5.32 Å². The molecule has 0 spiro atoms. The number of pyridine rings is 2. The van der Waals surface area contributed by atoms with Crippen LogP contribution >= 0.6 is 0 Å². The number of hydrogen-bond donors (Lipinski definition) is 2. The number of aryl methyl sites for hydroxylation is 2. The Kier molecular flexibility index (Phi) is 4.70. The summed E-state index contributed by atoms with van der Waals surface area (Å²) in [5.74, 6) is -0.176. The molecule has 1 fully saturated rings. The van der Waals surface area contributed by atoms with Crippen LogP contribution in [0, 0.1) is 6.92 Å². The molecule has 6 nitrogen and oxygen atoms in total. The second-order valence-corrected chi connectivity index (χ2v) is 7.72. The molecule has 6 heteroatoms. The number of carboxylic acids is 1. The maximum atomic E-state index is 12.5. The van der Waals surface area contributed by atoms with Crippen molar-refractivity contribution in [2.24, 2.45) is 7.05 Å². The predicted octanol–water partition coefficient (Wildman–Crippen LogP) is 3.48. The van der Waals surface area contributed by atoms with Gasteiger partial charge in [0.15, 0.2) is 0 Å². The molecule has 0 radical (unpaired) electrons. The Morgan fingerprint density at radius 1 is 1.21 bits per heavy atom. The van der Waals surface area contributed by atoms with E-state index in [9.17, 15) is 14.7 Å². The zero-order chi connectivity index (χ0) is 20.6. The molecule has 0 bridgehead atoms. The minimum Gasteiger partial charge on any atom is -0.481 e. The average molecular weight is 389 g/mol. The molecule has 0 amide bonds. The van der Waals surface area contributed by atoms with Crippen LogP contribution in [0.15, 0.2) is 59.7 Å². The summed E-state index contributed by atoms with van der Waals surface area (Å²) in [4.78, 5) is 28.7. The van der Waals surface area contributed by atoms with Crippen molar-refractivity contribution in [2.45, 2.75) is 31.7 Å². The molecular formula is C23H23N3O3. The van der Waals surface area contributed by atoms with Crippen LogP contribution < -0.4 is 10.9 Å². The second-order valence-electron chi connectivity index (χ2n) is 7.72. The fourth-order valence-corrected chi connectivity index (χ4v) is 3.62. The average Bonchev–Trinajstić information content (AvgIpc) is 3.51. The third kappa shape index (κ3) is 3.66. The fraction of sp³-hybridized carbons (Fsp3) is 0.261. The van der Waals surface area contributed by atoms with Crippen LogP contribution in [0.25, 0.3) is 11.1 Å². The normalized spacial score (nSPS) is 14.4. The molecule has 1 aliphatic carbocycles. The molecule has 148 valence electrons. The number of nitrogens with one attached hydrogen (secondary N) is 1. The third-order valence-corrected chi connectivity index (χ3v) is 5.51. The van der Waals surface area contributed by atoms with Crippen LogP contribution in [0.4, 0.5) is 5.82 Å². The Hall–Kier alpha value is -3.41. The number of nitrogens with zero attached hydrogens (tertiary/aromatic N) is 2. The summed E-state index contributed by atoms with van der Waals surface area (Å²) in [6.07, 6.45) is 4.46. The van der Waals surface area contributed by atoms with Crippen LogP contribution in [-0.2, 0) is 23.8 Å². The number of carbonyl (C=O) groups is 1. The van der Waals surface area contributed by atoms with Gasteiger partial charge in [0.2, 0.25) is 0 Å². The number of aliphatic carboxylic acids is 1. The molecule has 1 aromatic carbocycles. The van der Waals surface area contributed by atoms with Gasteiger partial charge in [-0.3, -0.25) is 9.59 Å². The Bertz CT molecular complexity index is 1130. The van der Waals surface area contributed by atoms with Crippen molar-refractivity contribution in [1.29, 1.82) is 0 Å². The molecule has 29 heavy (non-hydrogen) atoms. The SMILES string of the molecule is Cc1cccc(CNc2ccc(-c3cc(C4(C(=O)O)CC4)c(=O)n(C)c3)cn2)c1. The summed E-state index contributed by atoms with van der Waals surface area (Å²) in [5.41, 5.74) is 3.09. The smallest absolute Gasteiger partial charge is 0.314 e. The molecule has 0 aliphatic heterocycles. The van der Waals surface area contributed by atoms with Gasteiger partial charge < -0.3 is 15.0 Å². The first-order valence-corrected chi connectivity index (χ1v) is 9.59. The highest BCUT2D eigenvalue weighted by molar-refractivity contribution is 5.85. The van der Waals surface area contributed by atoms with Gasteiger partial charge in [-0.1, -0.05) is 29.8 Å². The molecule has 2 N–H and O–H groups in total. The van der Waals surface area contributed by atoms with E-state index in [1.54, 1.807) is 25.5 Å². The van der Waals surface area contributed by atoms with Crippen LogP contribution in [0.2, 0.25) is 0 Å². The number of rotatable bonds is 6. The van der Waals surface area contributed by atoms with Gasteiger partial charge in [0.1, 0.15) is 5.82 Å². The van der Waals surface area contributed by atoms with Crippen LogP contribution in [0.5, 0.6) is 0 Å². The first kappa shape index (κ1) is 18.9. The maximum Gasteiger partial charge on any atom is 0.314 e. The molecule has 0 saturated heterocycles. The minimum absolute atomic E-state index is 0.252. The van der Waals surface area contributed by atoms with Gasteiger partial charge in [0.25, 0.3) is 5.56 Å². The molecular weight excluding hydrogens is 366 g/mol. The molecule has 0 unspecified atom stereocenters. The number of carboxylic acid groups (broad SMARTS) is 1. The monoisotopic (exact) mass is 389 g/mol. The summed E-state index contributed by atoms with van der Waals surface area (Å²) in [6, 6.07) is 13.8. The van der Waals surface area contributed by atoms with Crippen molar-refractivity contribution in [3.05, 3.63) is 81.9 Å². The largest absolute Gasteiger partial charge is 0.481 e. The van der Waals surface area contributed by atoms with Crippen molar-refractivity contribution >= 4 is 11.8 Å². The van der Waals surface area contributed by atoms with E-state index in [0.717, 1.165) is 16.9 Å². The highest BCUT2D eigenvalue weighted by Crippen LogP contribution is 2.47. The van der Waals surface area contributed by atoms with E-state index in [2.05, 4.69) is 35.4 Å². The number of anilines is 1. The van der Waals surface area contributed by atoms with E-state index in [4.69, 9.17) is 0 Å². The zero-order valence-electron chi connectivity index (χ0n) is 16.5. The lowest BCUT2D eigenvalue weighted by Gasteiger charge is -2.14. The number of benzene rings is 1. The highest BCUT2D eigenvalue weighted by Gasteiger charge is 2.53. The molecule has 4 rings (SSSR count). The Morgan fingerprint density at radius 2 is 2.00 bits per heavy atom. The summed E-state index contributed by atoms with van der Waals surface area (Å²) in [6.45, 7) is 2.74. The zero-order valence-corrected chi connectivity index (χ0v) is 16.5. The Balaban J connectivity index is 1.57. The minimum atomic E-state index is -1.03. The van der Waals surface area contributed by atoms with Gasteiger partial charge in [0.05, 0.1) is 5.41 Å². The summed E-state index contributed by atoms with van der Waals surface area (Å²) in [5, 5.41) is 12.9. The molecule has 2 aromatic heterocycles. The number of aromatic nitrogens is 2. The lowest BCUT2D eigenvalue weighted by Crippen LogP contribution is -2.31. The van der Waals surface area contributed by atoms with E-state index in [-0.39, 0.29) is 5.56 Å². The molecule has 2 heterocycles. The fourth-order valence-electron chi connectivity index (χ4n) is 3.62. The van der Waals surface area contributed by atoms with Gasteiger partial charge in [-0.15, -0.1) is 0 Å². The quantitative estimate of drug-likeness (QED) is 0.674. The van der Waals surface area contributed by atoms with Crippen molar-refractivity contribution < 1.29 is 9.90 Å². The van der Waals surface area contributed by atoms with Gasteiger partial charge >= 0.3 is 5.97 Å². The Labute approximate surface area is 168 Å². The summed E-state index contributed by atoms with van der Waals surface area (Å²) < 4.78 is 1.46. The van der Waals surface area contributed by atoms with Gasteiger partial charge in [-0.25, -0.2) is 4.98 Å². The van der Waals surface area contributed by atoms with E-state index in [0.29, 0.717) is 24.9 Å². The molecule has 3 aromatic rings. The highest BCUT2D eigenvalue weighted by atomic mass is 16.4. The van der Waals surface area contributed by atoms with E-state index >= 15 is 0 Å². The third-order valence-electron chi connectivity index (χ3n) is 5.51. The first-order chi connectivity index (χ1) is 13.9. The second kappa shape index (κ2) is 7.20. The predicted molar refractivity (Wildman–Crippen MR) is 112 cm³/mol. The molecule has 1 saturated carbocycles. The topological polar surface area (TPSA) is 84.2 Å². The van der Waals surface area contributed by atoms with E-state index < -0.39 is 11.4 Å². The van der Waals surface area contributed by atoms with Crippen LogP contribution in [0.1, 0.15) is 29.5 Å². The molecule has 1 aliphatic rings. The van der Waals surface area contributed by atoms with Crippen LogP contribution in [0.3, 0.4) is 0 Å². The molecule has 0 atom stereocenters. The van der Waals surface area contributed by atoms with Crippen LogP contribution in [-0.4, -0.2) is 20.6 Å². The van der Waals surface area contributed by atoms with Crippen molar-refractivity contribution in [3.8, 4) is 11.1 Å². The summed E-state index contributed by atoms with van der Waals surface area (Å²) in [7, 11) is 1.65. The number of hydrogen-bond acceptors (Lipinski definition) is 4. The van der Waals surface area contributed by atoms with Gasteiger partial charge in [0, 0.05) is 42.7 Å². The van der Waals surface area contributed by atoms with E-state index in [1.165, 1.54) is 15.7 Å². The van der Waals surface area contributed by atoms with E-state index in [1.807, 2.05) is 18.2 Å². The lowest BCUT2D eigenvalue weighted by atomic mass is 9.95. The van der Waals surface area contributed by atoms with Crippen molar-refractivity contribution in [1.82, 2.24) is 9.55 Å². The van der Waals surface area contributed by atoms with Gasteiger partial charge in [-0.2, -0.15) is 0 Å². The standard InChI is InChI=1S/C23H23N3O3/c1-15-4-3-5-16(10-15)12-24-20-7-6-17(13-25-20)18-11-19(21(27)26(2)14-18)23(8-9-23)22(28)29/h3-7,10-11,13-14H,8-9,12H2,1-2H3,(H,24,25)(H,28,29). The van der Waals surface area contributed by atoms with Crippen molar-refractivity contribution in [3.63, 3.8) is 0 Å². The summed E-state index contributed by atoms with van der Waals surface area (Å²) >= 11 is 0. The Morgan fingerprint density at radius 3 is 2.62 bits per heavy atom. The first-order valence-electron chi connectivity index (χ1n) is 9.59. The lowest BCUT2D eigenvalue weighted by molar-refractivity contribution is -0.140.